The predicted molar refractivity (Wildman–Crippen MR) is 107 cm³/mol. The minimum absolute atomic E-state index is 0.780. The maximum absolute atomic E-state index is 5.55. The molecule has 0 atom stereocenters. The van der Waals surface area contributed by atoms with Crippen LogP contribution in [0.25, 0.3) is 0 Å². The predicted octanol–water partition coefficient (Wildman–Crippen LogP) is 3.98. The summed E-state index contributed by atoms with van der Waals surface area (Å²) >= 11 is 8.99. The molecule has 1 N–H and O–H groups in total. The largest absolute Gasteiger partial charge is 0.497 e. The van der Waals surface area contributed by atoms with Crippen LogP contribution in [0, 0.1) is 0 Å². The molecule has 0 aliphatic carbocycles. The van der Waals surface area contributed by atoms with Crippen molar-refractivity contribution in [1.82, 2.24) is 4.90 Å². The van der Waals surface area contributed by atoms with Crippen LogP contribution >= 0.6 is 28.1 Å². The highest BCUT2D eigenvalue weighted by atomic mass is 79.9. The van der Waals surface area contributed by atoms with Crippen LogP contribution in [0.4, 0.5) is 11.4 Å². The first kappa shape index (κ1) is 17.0. The molecule has 0 radical (unpaired) electrons. The minimum Gasteiger partial charge on any atom is -0.497 e. The molecule has 0 bridgehead atoms. The Morgan fingerprint density at radius 1 is 1.08 bits per heavy atom. The third kappa shape index (κ3) is 4.19. The maximum atomic E-state index is 5.55. The van der Waals surface area contributed by atoms with E-state index in [1.165, 1.54) is 5.69 Å². The Hall–Kier alpha value is -1.79. The average molecular weight is 406 g/mol. The molecule has 6 heteroatoms. The zero-order valence-corrected chi connectivity index (χ0v) is 15.9. The fourth-order valence-electron chi connectivity index (χ4n) is 2.71. The summed E-state index contributed by atoms with van der Waals surface area (Å²) in [6.07, 6.45) is 0. The van der Waals surface area contributed by atoms with Gasteiger partial charge in [-0.2, -0.15) is 0 Å². The zero-order valence-electron chi connectivity index (χ0n) is 13.5. The molecule has 2 aromatic carbocycles. The maximum Gasteiger partial charge on any atom is 0.173 e. The van der Waals surface area contributed by atoms with Crippen LogP contribution in [0.3, 0.4) is 0 Å². The number of hydrogen-bond acceptors (Lipinski definition) is 3. The van der Waals surface area contributed by atoms with E-state index in [1.54, 1.807) is 7.11 Å². The lowest BCUT2D eigenvalue weighted by molar-refractivity contribution is 0.389. The van der Waals surface area contributed by atoms with Crippen molar-refractivity contribution in [2.45, 2.75) is 0 Å². The number of benzene rings is 2. The summed E-state index contributed by atoms with van der Waals surface area (Å²) in [6.45, 7) is 3.68. The Kier molecular flexibility index (Phi) is 5.58. The number of halogens is 1. The number of ether oxygens (including phenoxy) is 1. The summed E-state index contributed by atoms with van der Waals surface area (Å²) in [6, 6.07) is 16.2. The van der Waals surface area contributed by atoms with Gasteiger partial charge in [0.1, 0.15) is 5.75 Å². The molecule has 1 saturated heterocycles. The highest BCUT2D eigenvalue weighted by Gasteiger charge is 2.19. The van der Waals surface area contributed by atoms with Crippen molar-refractivity contribution >= 4 is 44.6 Å². The fraction of sp³-hybridized carbons (Fsp3) is 0.278. The SMILES string of the molecule is COc1cccc(N2CCN(C(=S)Nc3ccc(Br)cc3)CC2)c1. The highest BCUT2D eigenvalue weighted by molar-refractivity contribution is 9.10. The van der Waals surface area contributed by atoms with E-state index in [0.717, 1.165) is 47.2 Å². The number of rotatable bonds is 3. The average Bonchev–Trinajstić information content (AvgIpc) is 2.64. The summed E-state index contributed by atoms with van der Waals surface area (Å²) < 4.78 is 6.37. The highest BCUT2D eigenvalue weighted by Crippen LogP contribution is 2.22. The quantitative estimate of drug-likeness (QED) is 0.779. The van der Waals surface area contributed by atoms with Gasteiger partial charge in [-0.15, -0.1) is 0 Å². The summed E-state index contributed by atoms with van der Waals surface area (Å²) in [7, 11) is 1.70. The molecule has 0 unspecified atom stereocenters. The lowest BCUT2D eigenvalue weighted by atomic mass is 10.2. The van der Waals surface area contributed by atoms with Gasteiger partial charge in [0.15, 0.2) is 5.11 Å². The summed E-state index contributed by atoms with van der Waals surface area (Å²) in [5.74, 6) is 0.891. The van der Waals surface area contributed by atoms with Gasteiger partial charge in [-0.25, -0.2) is 0 Å². The Labute approximate surface area is 156 Å². The zero-order chi connectivity index (χ0) is 16.9. The molecule has 1 aliphatic heterocycles. The lowest BCUT2D eigenvalue weighted by Gasteiger charge is -2.37. The normalized spacial score (nSPS) is 14.4. The van der Waals surface area contributed by atoms with Gasteiger partial charge in [0.05, 0.1) is 7.11 Å². The number of hydrogen-bond donors (Lipinski definition) is 1. The molecule has 0 aromatic heterocycles. The molecule has 4 nitrogen and oxygen atoms in total. The van der Waals surface area contributed by atoms with Crippen LogP contribution in [0.5, 0.6) is 5.75 Å². The first-order valence-corrected chi connectivity index (χ1v) is 9.06. The second-order valence-electron chi connectivity index (χ2n) is 5.61. The second-order valence-corrected chi connectivity index (χ2v) is 6.91. The molecule has 24 heavy (non-hydrogen) atoms. The van der Waals surface area contributed by atoms with E-state index in [9.17, 15) is 0 Å². The van der Waals surface area contributed by atoms with Crippen LogP contribution in [-0.2, 0) is 0 Å². The van der Waals surface area contributed by atoms with E-state index < -0.39 is 0 Å². The molecule has 2 aromatic rings. The molecule has 0 saturated carbocycles. The van der Waals surface area contributed by atoms with E-state index in [1.807, 2.05) is 36.4 Å². The topological polar surface area (TPSA) is 27.7 Å². The Balaban J connectivity index is 1.56. The van der Waals surface area contributed by atoms with Gasteiger partial charge in [0, 0.05) is 48.1 Å². The molecule has 3 rings (SSSR count). The summed E-state index contributed by atoms with van der Waals surface area (Å²) in [4.78, 5) is 4.58. The van der Waals surface area contributed by atoms with Crippen molar-refractivity contribution in [1.29, 1.82) is 0 Å². The number of nitrogens with zero attached hydrogens (tertiary/aromatic N) is 2. The summed E-state index contributed by atoms with van der Waals surface area (Å²) in [5, 5.41) is 4.09. The lowest BCUT2D eigenvalue weighted by Crippen LogP contribution is -2.50. The van der Waals surface area contributed by atoms with E-state index in [0.29, 0.717) is 0 Å². The van der Waals surface area contributed by atoms with Crippen molar-refractivity contribution in [2.24, 2.45) is 0 Å². The molecule has 1 heterocycles. The summed E-state index contributed by atoms with van der Waals surface area (Å²) in [5.41, 5.74) is 2.21. The number of nitrogens with one attached hydrogen (secondary N) is 1. The fourth-order valence-corrected chi connectivity index (χ4v) is 3.28. The number of piperazine rings is 1. The molecule has 1 aliphatic rings. The van der Waals surface area contributed by atoms with E-state index in [-0.39, 0.29) is 0 Å². The van der Waals surface area contributed by atoms with Gasteiger partial charge < -0.3 is 19.9 Å². The smallest absolute Gasteiger partial charge is 0.173 e. The second kappa shape index (κ2) is 7.85. The van der Waals surface area contributed by atoms with Crippen molar-refractivity contribution in [3.05, 3.63) is 53.0 Å². The minimum atomic E-state index is 0.780. The van der Waals surface area contributed by atoms with Crippen molar-refractivity contribution in [3.8, 4) is 5.75 Å². The number of thiocarbonyl (C=S) groups is 1. The van der Waals surface area contributed by atoms with Crippen molar-refractivity contribution in [3.63, 3.8) is 0 Å². The van der Waals surface area contributed by atoms with Crippen molar-refractivity contribution < 1.29 is 4.74 Å². The van der Waals surface area contributed by atoms with Gasteiger partial charge in [-0.05, 0) is 48.6 Å². The van der Waals surface area contributed by atoms with E-state index in [2.05, 4.69) is 43.2 Å². The van der Waals surface area contributed by atoms with E-state index >= 15 is 0 Å². The number of anilines is 2. The first-order chi connectivity index (χ1) is 11.7. The monoisotopic (exact) mass is 405 g/mol. The van der Waals surface area contributed by atoms with Gasteiger partial charge in [-0.3, -0.25) is 0 Å². The van der Waals surface area contributed by atoms with Crippen molar-refractivity contribution in [2.75, 3.05) is 43.5 Å². The van der Waals surface area contributed by atoms with Crippen LogP contribution in [0.2, 0.25) is 0 Å². The third-order valence-electron chi connectivity index (χ3n) is 4.08. The Morgan fingerprint density at radius 3 is 2.46 bits per heavy atom. The number of methoxy groups -OCH3 is 1. The van der Waals surface area contributed by atoms with Crippen LogP contribution in [0.1, 0.15) is 0 Å². The van der Waals surface area contributed by atoms with Gasteiger partial charge in [0.2, 0.25) is 0 Å². The van der Waals surface area contributed by atoms with Gasteiger partial charge in [0.25, 0.3) is 0 Å². The standard InChI is InChI=1S/C18H20BrN3OS/c1-23-17-4-2-3-16(13-17)21-9-11-22(12-10-21)18(24)20-15-7-5-14(19)6-8-15/h2-8,13H,9-12H2,1H3,(H,20,24). The van der Waals surface area contributed by atoms with Crippen LogP contribution in [-0.4, -0.2) is 43.3 Å². The molecule has 0 amide bonds. The van der Waals surface area contributed by atoms with Crippen LogP contribution < -0.4 is 15.0 Å². The van der Waals surface area contributed by atoms with Gasteiger partial charge in [-0.1, -0.05) is 22.0 Å². The first-order valence-electron chi connectivity index (χ1n) is 7.86. The molecule has 126 valence electrons. The molecular weight excluding hydrogens is 386 g/mol. The molecular formula is C18H20BrN3OS. The Morgan fingerprint density at radius 2 is 1.79 bits per heavy atom. The Bertz CT molecular complexity index is 700. The molecule has 1 fully saturated rings. The van der Waals surface area contributed by atoms with Gasteiger partial charge >= 0.3 is 0 Å². The third-order valence-corrected chi connectivity index (χ3v) is 4.97. The van der Waals surface area contributed by atoms with Crippen LogP contribution in [0.15, 0.2) is 53.0 Å². The van der Waals surface area contributed by atoms with E-state index in [4.69, 9.17) is 17.0 Å². The molecule has 0 spiro atoms.